The lowest BCUT2D eigenvalue weighted by molar-refractivity contribution is 0.438. The number of nitrogens with zero attached hydrogens (tertiary/aromatic N) is 2. The Morgan fingerprint density at radius 1 is 1.19 bits per heavy atom. The summed E-state index contributed by atoms with van der Waals surface area (Å²) in [6.45, 7) is 8.80. The van der Waals surface area contributed by atoms with Crippen molar-refractivity contribution in [2.24, 2.45) is 5.92 Å². The van der Waals surface area contributed by atoms with Crippen LogP contribution in [0.4, 0.5) is 11.5 Å². The van der Waals surface area contributed by atoms with Gasteiger partial charge >= 0.3 is 0 Å². The first-order valence-electron chi connectivity index (χ1n) is 9.37. The normalized spacial score (nSPS) is 16.2. The van der Waals surface area contributed by atoms with Gasteiger partial charge in [-0.1, -0.05) is 25.1 Å². The number of hydrogen-bond donors (Lipinski definition) is 2. The third kappa shape index (κ3) is 4.73. The fourth-order valence-corrected chi connectivity index (χ4v) is 3.55. The van der Waals surface area contributed by atoms with E-state index in [-0.39, 0.29) is 6.04 Å². The summed E-state index contributed by atoms with van der Waals surface area (Å²) in [6, 6.07) is 12.9. The Labute approximate surface area is 162 Å². The Balaban J connectivity index is 1.57. The molecule has 1 aliphatic heterocycles. The maximum Gasteiger partial charge on any atom is 0.172 e. The second kappa shape index (κ2) is 8.49. The molecule has 1 aromatic carbocycles. The Bertz CT molecular complexity index is 736. The predicted molar refractivity (Wildman–Crippen MR) is 114 cm³/mol. The van der Waals surface area contributed by atoms with Crippen molar-refractivity contribution in [3.05, 3.63) is 53.7 Å². The largest absolute Gasteiger partial charge is 0.372 e. The van der Waals surface area contributed by atoms with E-state index in [1.165, 1.54) is 24.1 Å². The molecule has 2 heterocycles. The Kier molecular flexibility index (Phi) is 6.09. The van der Waals surface area contributed by atoms with Gasteiger partial charge in [-0.25, -0.2) is 4.98 Å². The van der Waals surface area contributed by atoms with Crippen LogP contribution in [0.15, 0.2) is 42.6 Å². The molecule has 1 atom stereocenters. The Morgan fingerprint density at radius 3 is 2.54 bits per heavy atom. The smallest absolute Gasteiger partial charge is 0.172 e. The van der Waals surface area contributed by atoms with Gasteiger partial charge in [0, 0.05) is 25.0 Å². The van der Waals surface area contributed by atoms with E-state index in [0.29, 0.717) is 5.11 Å². The van der Waals surface area contributed by atoms with Crippen LogP contribution in [0.5, 0.6) is 0 Å². The summed E-state index contributed by atoms with van der Waals surface area (Å²) in [5, 5.41) is 7.11. The molecule has 1 aromatic heterocycles. The quantitative estimate of drug-likeness (QED) is 0.767. The molecule has 26 heavy (non-hydrogen) atoms. The fourth-order valence-electron chi connectivity index (χ4n) is 3.28. The molecule has 2 aromatic rings. The zero-order chi connectivity index (χ0) is 18.5. The van der Waals surface area contributed by atoms with Crippen LogP contribution in [0.1, 0.15) is 43.9 Å². The Hall–Kier alpha value is -2.14. The SMILES string of the molecule is Cc1cccnc1NC(=S)N[C@@H](C)c1ccc(N2CCC(C)CC2)cc1. The van der Waals surface area contributed by atoms with E-state index in [4.69, 9.17) is 12.2 Å². The van der Waals surface area contributed by atoms with Gasteiger partial charge in [0.1, 0.15) is 5.82 Å². The average Bonchev–Trinajstić information content (AvgIpc) is 2.64. The van der Waals surface area contributed by atoms with Crippen molar-refractivity contribution in [3.8, 4) is 0 Å². The summed E-state index contributed by atoms with van der Waals surface area (Å²) in [6.07, 6.45) is 4.33. The summed E-state index contributed by atoms with van der Waals surface area (Å²) in [4.78, 5) is 6.81. The Morgan fingerprint density at radius 2 is 1.88 bits per heavy atom. The van der Waals surface area contributed by atoms with Gasteiger partial charge in [-0.15, -0.1) is 0 Å². The standard InChI is InChI=1S/C21H28N4S/c1-15-10-13-25(14-11-15)19-8-6-18(7-9-19)17(3)23-21(26)24-20-16(2)5-4-12-22-20/h4-9,12,15,17H,10-11,13-14H2,1-3H3,(H2,22,23,24,26)/t17-/m0/s1. The van der Waals surface area contributed by atoms with E-state index < -0.39 is 0 Å². The molecule has 0 unspecified atom stereocenters. The lowest BCUT2D eigenvalue weighted by Crippen LogP contribution is -2.33. The molecule has 4 nitrogen and oxygen atoms in total. The van der Waals surface area contributed by atoms with Crippen molar-refractivity contribution >= 4 is 28.8 Å². The molecule has 3 rings (SSSR count). The van der Waals surface area contributed by atoms with Crippen molar-refractivity contribution in [2.45, 2.75) is 39.7 Å². The summed E-state index contributed by atoms with van der Waals surface area (Å²) in [7, 11) is 0. The minimum atomic E-state index is 0.134. The number of anilines is 2. The van der Waals surface area contributed by atoms with E-state index in [9.17, 15) is 0 Å². The van der Waals surface area contributed by atoms with Crippen LogP contribution in [-0.2, 0) is 0 Å². The molecule has 1 aliphatic rings. The number of thiocarbonyl (C=S) groups is 1. The van der Waals surface area contributed by atoms with Crippen LogP contribution in [0.3, 0.4) is 0 Å². The minimum Gasteiger partial charge on any atom is -0.372 e. The van der Waals surface area contributed by atoms with Crippen molar-refractivity contribution < 1.29 is 0 Å². The zero-order valence-corrected chi connectivity index (χ0v) is 16.6. The van der Waals surface area contributed by atoms with Crippen molar-refractivity contribution in [1.29, 1.82) is 0 Å². The maximum atomic E-state index is 5.44. The van der Waals surface area contributed by atoms with E-state index >= 15 is 0 Å². The first-order chi connectivity index (χ1) is 12.5. The van der Waals surface area contributed by atoms with Gasteiger partial charge in [-0.3, -0.25) is 0 Å². The van der Waals surface area contributed by atoms with Crippen LogP contribution in [0.2, 0.25) is 0 Å². The maximum absolute atomic E-state index is 5.44. The first kappa shape index (κ1) is 18.6. The van der Waals surface area contributed by atoms with Gasteiger partial charge in [0.15, 0.2) is 5.11 Å². The highest BCUT2D eigenvalue weighted by Crippen LogP contribution is 2.24. The van der Waals surface area contributed by atoms with Gasteiger partial charge in [0.05, 0.1) is 6.04 Å². The number of hydrogen-bond acceptors (Lipinski definition) is 3. The van der Waals surface area contributed by atoms with E-state index in [2.05, 4.69) is 58.6 Å². The molecule has 138 valence electrons. The average molecular weight is 369 g/mol. The second-order valence-corrected chi connectivity index (χ2v) is 7.66. The first-order valence-corrected chi connectivity index (χ1v) is 9.78. The third-order valence-electron chi connectivity index (χ3n) is 5.13. The summed E-state index contributed by atoms with van der Waals surface area (Å²) < 4.78 is 0. The number of aromatic nitrogens is 1. The van der Waals surface area contributed by atoms with E-state index in [1.807, 2.05) is 19.1 Å². The van der Waals surface area contributed by atoms with Crippen LogP contribution in [0, 0.1) is 12.8 Å². The van der Waals surface area contributed by atoms with Gasteiger partial charge in [0.2, 0.25) is 0 Å². The lowest BCUT2D eigenvalue weighted by Gasteiger charge is -2.32. The predicted octanol–water partition coefficient (Wildman–Crippen LogP) is 4.67. The molecular weight excluding hydrogens is 340 g/mol. The topological polar surface area (TPSA) is 40.2 Å². The molecule has 0 amide bonds. The molecule has 0 spiro atoms. The lowest BCUT2D eigenvalue weighted by atomic mass is 9.98. The number of rotatable bonds is 4. The molecule has 0 bridgehead atoms. The van der Waals surface area contributed by atoms with Gasteiger partial charge in [0.25, 0.3) is 0 Å². The van der Waals surface area contributed by atoms with E-state index in [0.717, 1.165) is 30.4 Å². The number of nitrogens with one attached hydrogen (secondary N) is 2. The van der Waals surface area contributed by atoms with E-state index in [1.54, 1.807) is 6.20 Å². The summed E-state index contributed by atoms with van der Waals surface area (Å²) in [5.74, 6) is 1.65. The molecule has 0 radical (unpaired) electrons. The summed E-state index contributed by atoms with van der Waals surface area (Å²) >= 11 is 5.44. The van der Waals surface area contributed by atoms with Crippen LogP contribution < -0.4 is 15.5 Å². The number of benzene rings is 1. The minimum absolute atomic E-state index is 0.134. The molecule has 1 fully saturated rings. The molecule has 0 saturated carbocycles. The zero-order valence-electron chi connectivity index (χ0n) is 15.8. The second-order valence-electron chi connectivity index (χ2n) is 7.25. The highest BCUT2D eigenvalue weighted by molar-refractivity contribution is 7.80. The van der Waals surface area contributed by atoms with Gasteiger partial charge in [-0.05, 0) is 74.2 Å². The third-order valence-corrected chi connectivity index (χ3v) is 5.35. The molecule has 0 aliphatic carbocycles. The van der Waals surface area contributed by atoms with Crippen LogP contribution in [0.25, 0.3) is 0 Å². The van der Waals surface area contributed by atoms with Crippen molar-refractivity contribution in [3.63, 3.8) is 0 Å². The van der Waals surface area contributed by atoms with Crippen molar-refractivity contribution in [1.82, 2.24) is 10.3 Å². The molecular formula is C21H28N4S. The van der Waals surface area contributed by atoms with Gasteiger partial charge < -0.3 is 15.5 Å². The fraction of sp³-hybridized carbons (Fsp3) is 0.429. The molecule has 1 saturated heterocycles. The summed E-state index contributed by atoms with van der Waals surface area (Å²) in [5.41, 5.74) is 3.61. The van der Waals surface area contributed by atoms with Crippen LogP contribution in [-0.4, -0.2) is 23.2 Å². The van der Waals surface area contributed by atoms with Gasteiger partial charge in [-0.2, -0.15) is 0 Å². The number of piperidine rings is 1. The molecule has 2 N–H and O–H groups in total. The van der Waals surface area contributed by atoms with Crippen molar-refractivity contribution in [2.75, 3.05) is 23.3 Å². The van der Waals surface area contributed by atoms with Crippen LogP contribution >= 0.6 is 12.2 Å². The number of aryl methyl sites for hydroxylation is 1. The highest BCUT2D eigenvalue weighted by Gasteiger charge is 2.16. The highest BCUT2D eigenvalue weighted by atomic mass is 32.1. The monoisotopic (exact) mass is 368 g/mol. The number of pyridine rings is 1. The molecule has 5 heteroatoms.